The van der Waals surface area contributed by atoms with Crippen molar-refractivity contribution < 1.29 is 9.53 Å². The van der Waals surface area contributed by atoms with Gasteiger partial charge in [0, 0.05) is 37.0 Å². The first-order valence-corrected chi connectivity index (χ1v) is 9.85. The van der Waals surface area contributed by atoms with E-state index in [9.17, 15) is 4.79 Å². The highest BCUT2D eigenvalue weighted by Gasteiger charge is 2.15. The Bertz CT molecular complexity index is 740. The maximum Gasteiger partial charge on any atom is 0.224 e. The van der Waals surface area contributed by atoms with Gasteiger partial charge in [-0.25, -0.2) is 4.98 Å². The normalized spacial score (nSPS) is 14.9. The van der Waals surface area contributed by atoms with Crippen molar-refractivity contribution in [2.24, 2.45) is 0 Å². The molecule has 0 saturated carbocycles. The van der Waals surface area contributed by atoms with Crippen LogP contribution in [-0.4, -0.2) is 31.1 Å². The molecule has 1 aromatic heterocycles. The van der Waals surface area contributed by atoms with Gasteiger partial charge in [0.2, 0.25) is 5.91 Å². The standard InChI is InChI=1S/C22H29N3O2/c1-27-20-12-6-5-10-18(20)16-21(26)24-17-19-11-9-13-23-22(19)25-14-7-3-2-4-8-15-25/h5-6,9-13H,2-4,7-8,14-17H2,1H3,(H,24,26). The van der Waals surface area contributed by atoms with Crippen LogP contribution in [-0.2, 0) is 17.8 Å². The molecular weight excluding hydrogens is 338 g/mol. The number of pyridine rings is 1. The number of ether oxygens (including phenoxy) is 1. The Morgan fingerprint density at radius 3 is 2.52 bits per heavy atom. The Hall–Kier alpha value is -2.56. The molecule has 1 aliphatic heterocycles. The fourth-order valence-electron chi connectivity index (χ4n) is 3.59. The van der Waals surface area contributed by atoms with Crippen LogP contribution in [0.1, 0.15) is 43.2 Å². The number of rotatable bonds is 6. The van der Waals surface area contributed by atoms with Crippen molar-refractivity contribution >= 4 is 11.7 Å². The molecule has 0 bridgehead atoms. The van der Waals surface area contributed by atoms with E-state index < -0.39 is 0 Å². The van der Waals surface area contributed by atoms with E-state index in [0.29, 0.717) is 13.0 Å². The minimum Gasteiger partial charge on any atom is -0.496 e. The van der Waals surface area contributed by atoms with Crippen molar-refractivity contribution in [3.8, 4) is 5.75 Å². The third-order valence-corrected chi connectivity index (χ3v) is 5.04. The third-order valence-electron chi connectivity index (χ3n) is 5.04. The van der Waals surface area contributed by atoms with Crippen LogP contribution >= 0.6 is 0 Å². The van der Waals surface area contributed by atoms with E-state index in [-0.39, 0.29) is 5.91 Å². The zero-order chi connectivity index (χ0) is 18.9. The van der Waals surface area contributed by atoms with E-state index >= 15 is 0 Å². The average molecular weight is 367 g/mol. The Labute approximate surface area is 161 Å². The van der Waals surface area contributed by atoms with Crippen LogP contribution in [0.2, 0.25) is 0 Å². The molecule has 1 aromatic carbocycles. The molecule has 1 N–H and O–H groups in total. The molecule has 0 aliphatic carbocycles. The van der Waals surface area contributed by atoms with Crippen LogP contribution in [0, 0.1) is 0 Å². The molecule has 27 heavy (non-hydrogen) atoms. The van der Waals surface area contributed by atoms with E-state index in [1.54, 1.807) is 7.11 Å². The number of amides is 1. The van der Waals surface area contributed by atoms with Crippen LogP contribution < -0.4 is 15.0 Å². The molecule has 1 aliphatic rings. The lowest BCUT2D eigenvalue weighted by Crippen LogP contribution is -2.31. The topological polar surface area (TPSA) is 54.5 Å². The summed E-state index contributed by atoms with van der Waals surface area (Å²) in [7, 11) is 1.63. The van der Waals surface area contributed by atoms with E-state index in [0.717, 1.165) is 35.8 Å². The molecule has 1 fully saturated rings. The maximum atomic E-state index is 12.4. The molecule has 3 rings (SSSR count). The van der Waals surface area contributed by atoms with Gasteiger partial charge in [0.15, 0.2) is 0 Å². The van der Waals surface area contributed by atoms with Crippen LogP contribution in [0.5, 0.6) is 5.75 Å². The molecular formula is C22H29N3O2. The Morgan fingerprint density at radius 2 is 1.74 bits per heavy atom. The second-order valence-corrected chi connectivity index (χ2v) is 7.01. The summed E-state index contributed by atoms with van der Waals surface area (Å²) < 4.78 is 5.33. The van der Waals surface area contributed by atoms with Crippen LogP contribution in [0.15, 0.2) is 42.6 Å². The first kappa shape index (κ1) is 19.2. The number of carbonyl (C=O) groups excluding carboxylic acids is 1. The lowest BCUT2D eigenvalue weighted by molar-refractivity contribution is -0.120. The average Bonchev–Trinajstić information content (AvgIpc) is 2.67. The monoisotopic (exact) mass is 367 g/mol. The van der Waals surface area contributed by atoms with Crippen molar-refractivity contribution in [3.63, 3.8) is 0 Å². The van der Waals surface area contributed by atoms with Gasteiger partial charge in [0.1, 0.15) is 11.6 Å². The maximum absolute atomic E-state index is 12.4. The molecule has 5 heteroatoms. The summed E-state index contributed by atoms with van der Waals surface area (Å²) in [6.07, 6.45) is 8.47. The first-order valence-electron chi connectivity index (χ1n) is 9.85. The number of aromatic nitrogens is 1. The van der Waals surface area contributed by atoms with E-state index in [1.165, 1.54) is 32.1 Å². The van der Waals surface area contributed by atoms with Crippen LogP contribution in [0.4, 0.5) is 5.82 Å². The molecule has 0 radical (unpaired) electrons. The summed E-state index contributed by atoms with van der Waals surface area (Å²) in [6.45, 7) is 2.58. The Kier molecular flexibility index (Phi) is 7.08. The number of para-hydroxylation sites is 1. The second kappa shape index (κ2) is 9.95. The van der Waals surface area contributed by atoms with Gasteiger partial charge in [0.05, 0.1) is 13.5 Å². The number of hydrogen-bond donors (Lipinski definition) is 1. The van der Waals surface area contributed by atoms with Crippen molar-refractivity contribution in [1.29, 1.82) is 0 Å². The molecule has 0 unspecified atom stereocenters. The van der Waals surface area contributed by atoms with Gasteiger partial charge in [-0.05, 0) is 25.0 Å². The van der Waals surface area contributed by atoms with Gasteiger partial charge in [-0.15, -0.1) is 0 Å². The lowest BCUT2D eigenvalue weighted by atomic mass is 10.1. The summed E-state index contributed by atoms with van der Waals surface area (Å²) in [5, 5.41) is 3.05. The van der Waals surface area contributed by atoms with Gasteiger partial charge in [-0.1, -0.05) is 43.5 Å². The summed E-state index contributed by atoms with van der Waals surface area (Å²) in [5.41, 5.74) is 1.97. The number of nitrogens with one attached hydrogen (secondary N) is 1. The first-order chi connectivity index (χ1) is 13.3. The summed E-state index contributed by atoms with van der Waals surface area (Å²) in [6, 6.07) is 11.6. The van der Waals surface area contributed by atoms with Crippen LogP contribution in [0.3, 0.4) is 0 Å². The van der Waals surface area contributed by atoms with Crippen molar-refractivity contribution in [1.82, 2.24) is 10.3 Å². The molecule has 0 atom stereocenters. The largest absolute Gasteiger partial charge is 0.496 e. The van der Waals surface area contributed by atoms with E-state index in [4.69, 9.17) is 4.74 Å². The predicted octanol–water partition coefficient (Wildman–Crippen LogP) is 3.72. The van der Waals surface area contributed by atoms with Crippen molar-refractivity contribution in [2.45, 2.75) is 45.1 Å². The highest BCUT2D eigenvalue weighted by Crippen LogP contribution is 2.21. The number of hydrogen-bond acceptors (Lipinski definition) is 4. The zero-order valence-corrected chi connectivity index (χ0v) is 16.1. The highest BCUT2D eigenvalue weighted by atomic mass is 16.5. The van der Waals surface area contributed by atoms with E-state index in [1.807, 2.05) is 36.5 Å². The smallest absolute Gasteiger partial charge is 0.224 e. The van der Waals surface area contributed by atoms with Gasteiger partial charge in [-0.3, -0.25) is 4.79 Å². The SMILES string of the molecule is COc1ccccc1CC(=O)NCc1cccnc1N1CCCCCCC1. The highest BCUT2D eigenvalue weighted by molar-refractivity contribution is 5.79. The summed E-state index contributed by atoms with van der Waals surface area (Å²) in [4.78, 5) is 19.4. The van der Waals surface area contributed by atoms with Gasteiger partial charge in [0.25, 0.3) is 0 Å². The second-order valence-electron chi connectivity index (χ2n) is 7.01. The summed E-state index contributed by atoms with van der Waals surface area (Å²) >= 11 is 0. The third kappa shape index (κ3) is 5.46. The molecule has 144 valence electrons. The lowest BCUT2D eigenvalue weighted by Gasteiger charge is -2.27. The van der Waals surface area contributed by atoms with Crippen molar-refractivity contribution in [3.05, 3.63) is 53.7 Å². The fourth-order valence-corrected chi connectivity index (χ4v) is 3.59. The molecule has 2 heterocycles. The number of anilines is 1. The van der Waals surface area contributed by atoms with Gasteiger partial charge < -0.3 is 15.0 Å². The minimum atomic E-state index is -0.0121. The number of benzene rings is 1. The van der Waals surface area contributed by atoms with E-state index in [2.05, 4.69) is 21.3 Å². The predicted molar refractivity (Wildman–Crippen MR) is 108 cm³/mol. The fraction of sp³-hybridized carbons (Fsp3) is 0.455. The molecule has 5 nitrogen and oxygen atoms in total. The molecule has 1 saturated heterocycles. The number of methoxy groups -OCH3 is 1. The Balaban J connectivity index is 1.63. The minimum absolute atomic E-state index is 0.0121. The van der Waals surface area contributed by atoms with Gasteiger partial charge in [-0.2, -0.15) is 0 Å². The Morgan fingerprint density at radius 1 is 1.04 bits per heavy atom. The quantitative estimate of drug-likeness (QED) is 0.845. The van der Waals surface area contributed by atoms with Crippen molar-refractivity contribution in [2.75, 3.05) is 25.1 Å². The zero-order valence-electron chi connectivity index (χ0n) is 16.1. The summed E-state index contributed by atoms with van der Waals surface area (Å²) in [5.74, 6) is 1.74. The number of carbonyl (C=O) groups is 1. The molecule has 2 aromatic rings. The molecule has 1 amide bonds. The van der Waals surface area contributed by atoms with Crippen LogP contribution in [0.25, 0.3) is 0 Å². The van der Waals surface area contributed by atoms with Gasteiger partial charge >= 0.3 is 0 Å². The number of nitrogens with zero attached hydrogens (tertiary/aromatic N) is 2. The molecule has 0 spiro atoms.